The van der Waals surface area contributed by atoms with Crippen LogP contribution in [0.5, 0.6) is 11.5 Å². The number of carboxylic acid groups (broad SMARTS) is 1. The van der Waals surface area contributed by atoms with Crippen molar-refractivity contribution in [2.24, 2.45) is 0 Å². The average molecular weight is 297 g/mol. The Balaban J connectivity index is 2.24. The van der Waals surface area contributed by atoms with Gasteiger partial charge in [-0.1, -0.05) is 23.7 Å². The second kappa shape index (κ2) is 5.79. The van der Waals surface area contributed by atoms with Crippen LogP contribution in [0.1, 0.15) is 0 Å². The van der Waals surface area contributed by atoms with Crippen LogP contribution in [-0.4, -0.2) is 22.8 Å². The summed E-state index contributed by atoms with van der Waals surface area (Å²) in [5, 5.41) is 17.7. The van der Waals surface area contributed by atoms with Crippen molar-refractivity contribution in [2.75, 3.05) is 6.61 Å². The Morgan fingerprint density at radius 3 is 2.40 bits per heavy atom. The number of carboxylic acids is 1. The minimum Gasteiger partial charge on any atom is -0.504 e. The highest BCUT2D eigenvalue weighted by Gasteiger charge is 2.09. The lowest BCUT2D eigenvalue weighted by Crippen LogP contribution is -2.09. The fourth-order valence-electron chi connectivity index (χ4n) is 1.62. The lowest BCUT2D eigenvalue weighted by Gasteiger charge is -2.07. The number of rotatable bonds is 4. The first-order valence-electron chi connectivity index (χ1n) is 5.60. The largest absolute Gasteiger partial charge is 0.504 e. The molecule has 4 nitrogen and oxygen atoms in total. The first-order chi connectivity index (χ1) is 9.47. The van der Waals surface area contributed by atoms with Crippen LogP contribution in [0.15, 0.2) is 36.4 Å². The first-order valence-corrected chi connectivity index (χ1v) is 5.98. The molecule has 0 aromatic heterocycles. The summed E-state index contributed by atoms with van der Waals surface area (Å²) in [6.45, 7) is -0.432. The van der Waals surface area contributed by atoms with Gasteiger partial charge in [-0.15, -0.1) is 0 Å². The molecule has 2 aromatic rings. The van der Waals surface area contributed by atoms with Gasteiger partial charge in [-0.25, -0.2) is 9.18 Å². The normalized spacial score (nSPS) is 10.3. The molecule has 2 N–H and O–H groups in total. The SMILES string of the molecule is O=C(O)COc1ccc(-c2cc(F)c(O)c(Cl)c2)cc1. The lowest BCUT2D eigenvalue weighted by atomic mass is 10.1. The highest BCUT2D eigenvalue weighted by Crippen LogP contribution is 2.32. The van der Waals surface area contributed by atoms with Crippen molar-refractivity contribution in [1.82, 2.24) is 0 Å². The number of aromatic hydroxyl groups is 1. The summed E-state index contributed by atoms with van der Waals surface area (Å²) in [6, 6.07) is 9.01. The molecular formula is C14H10ClFO4. The summed E-state index contributed by atoms with van der Waals surface area (Å²) in [5.41, 5.74) is 1.16. The number of hydrogen-bond acceptors (Lipinski definition) is 3. The molecule has 0 amide bonds. The van der Waals surface area contributed by atoms with Crippen LogP contribution in [-0.2, 0) is 4.79 Å². The molecule has 104 valence electrons. The molecule has 0 saturated heterocycles. The summed E-state index contributed by atoms with van der Waals surface area (Å²) in [4.78, 5) is 10.4. The fraction of sp³-hybridized carbons (Fsp3) is 0.0714. The summed E-state index contributed by atoms with van der Waals surface area (Å²) in [5.74, 6) is -2.07. The Morgan fingerprint density at radius 2 is 1.85 bits per heavy atom. The number of phenols is 1. The number of carbonyl (C=O) groups is 1. The van der Waals surface area contributed by atoms with Crippen molar-refractivity contribution in [1.29, 1.82) is 0 Å². The van der Waals surface area contributed by atoms with Gasteiger partial charge in [0.2, 0.25) is 0 Å². The van der Waals surface area contributed by atoms with Gasteiger partial charge in [-0.05, 0) is 35.4 Å². The molecule has 0 aliphatic rings. The molecule has 20 heavy (non-hydrogen) atoms. The topological polar surface area (TPSA) is 66.8 Å². The van der Waals surface area contributed by atoms with E-state index in [2.05, 4.69) is 0 Å². The maximum atomic E-state index is 13.4. The molecule has 2 rings (SSSR count). The summed E-state index contributed by atoms with van der Waals surface area (Å²) < 4.78 is 18.4. The molecule has 0 aliphatic carbocycles. The molecule has 0 atom stereocenters. The van der Waals surface area contributed by atoms with Crippen molar-refractivity contribution < 1.29 is 24.1 Å². The minimum atomic E-state index is -1.07. The zero-order valence-corrected chi connectivity index (χ0v) is 10.9. The monoisotopic (exact) mass is 296 g/mol. The Bertz CT molecular complexity index is 617. The molecule has 0 bridgehead atoms. The van der Waals surface area contributed by atoms with Crippen LogP contribution in [0.4, 0.5) is 4.39 Å². The van der Waals surface area contributed by atoms with Crippen LogP contribution in [0, 0.1) is 5.82 Å². The van der Waals surface area contributed by atoms with Crippen LogP contribution in [0.3, 0.4) is 0 Å². The van der Waals surface area contributed by atoms with E-state index in [9.17, 15) is 14.3 Å². The van der Waals surface area contributed by atoms with E-state index in [1.165, 1.54) is 6.07 Å². The Morgan fingerprint density at radius 1 is 1.20 bits per heavy atom. The molecule has 6 heteroatoms. The van der Waals surface area contributed by atoms with E-state index in [-0.39, 0.29) is 5.02 Å². The third kappa shape index (κ3) is 3.19. The van der Waals surface area contributed by atoms with Crippen molar-refractivity contribution in [3.63, 3.8) is 0 Å². The van der Waals surface area contributed by atoms with E-state index in [1.54, 1.807) is 24.3 Å². The van der Waals surface area contributed by atoms with Crippen molar-refractivity contribution in [3.05, 3.63) is 47.2 Å². The van der Waals surface area contributed by atoms with Crippen molar-refractivity contribution in [2.45, 2.75) is 0 Å². The van der Waals surface area contributed by atoms with Gasteiger partial charge in [-0.3, -0.25) is 0 Å². The fourth-order valence-corrected chi connectivity index (χ4v) is 1.83. The first kappa shape index (κ1) is 14.1. The number of ether oxygens (including phenoxy) is 1. The molecule has 0 aliphatic heterocycles. The molecular weight excluding hydrogens is 287 g/mol. The van der Waals surface area contributed by atoms with E-state index >= 15 is 0 Å². The second-order valence-corrected chi connectivity index (χ2v) is 4.40. The molecule has 0 saturated carbocycles. The number of phenolic OH excluding ortho intramolecular Hbond substituents is 1. The third-order valence-corrected chi connectivity index (χ3v) is 2.85. The van der Waals surface area contributed by atoms with E-state index in [4.69, 9.17) is 21.4 Å². The highest BCUT2D eigenvalue weighted by molar-refractivity contribution is 6.32. The van der Waals surface area contributed by atoms with Crippen LogP contribution in [0.25, 0.3) is 11.1 Å². The zero-order chi connectivity index (χ0) is 14.7. The smallest absolute Gasteiger partial charge is 0.341 e. The van der Waals surface area contributed by atoms with Gasteiger partial charge in [0, 0.05) is 0 Å². The molecule has 0 unspecified atom stereocenters. The highest BCUT2D eigenvalue weighted by atomic mass is 35.5. The molecule has 2 aromatic carbocycles. The van der Waals surface area contributed by atoms with Crippen molar-refractivity contribution >= 4 is 17.6 Å². The van der Waals surface area contributed by atoms with E-state index in [0.717, 1.165) is 6.07 Å². The lowest BCUT2D eigenvalue weighted by molar-refractivity contribution is -0.139. The standard InChI is InChI=1S/C14H10ClFO4/c15-11-5-9(6-12(16)14(11)19)8-1-3-10(4-2-8)20-7-13(17)18/h1-6,19H,7H2,(H,17,18). The van der Waals surface area contributed by atoms with Gasteiger partial charge in [0.15, 0.2) is 18.2 Å². The van der Waals surface area contributed by atoms with Gasteiger partial charge < -0.3 is 14.9 Å². The molecule has 0 fully saturated rings. The third-order valence-electron chi connectivity index (χ3n) is 2.57. The average Bonchev–Trinajstić information content (AvgIpc) is 2.42. The number of aliphatic carboxylic acids is 1. The Labute approximate surface area is 119 Å². The summed E-state index contributed by atoms with van der Waals surface area (Å²) in [7, 11) is 0. The van der Waals surface area contributed by atoms with Crippen molar-refractivity contribution in [3.8, 4) is 22.6 Å². The van der Waals surface area contributed by atoms with Crippen LogP contribution < -0.4 is 4.74 Å². The minimum absolute atomic E-state index is 0.0776. The summed E-state index contributed by atoms with van der Waals surface area (Å²) in [6.07, 6.45) is 0. The predicted molar refractivity (Wildman–Crippen MR) is 71.6 cm³/mol. The van der Waals surface area contributed by atoms with Gasteiger partial charge >= 0.3 is 5.97 Å². The summed E-state index contributed by atoms with van der Waals surface area (Å²) >= 11 is 5.70. The van der Waals surface area contributed by atoms with Crippen LogP contribution in [0.2, 0.25) is 5.02 Å². The Hall–Kier alpha value is -2.27. The molecule has 0 spiro atoms. The van der Waals surface area contributed by atoms with Gasteiger partial charge in [0.05, 0.1) is 5.02 Å². The number of hydrogen-bond donors (Lipinski definition) is 2. The Kier molecular flexibility index (Phi) is 4.10. The zero-order valence-electron chi connectivity index (χ0n) is 10.1. The van der Waals surface area contributed by atoms with Crippen LogP contribution >= 0.6 is 11.6 Å². The van der Waals surface area contributed by atoms with E-state index in [1.807, 2.05) is 0 Å². The maximum Gasteiger partial charge on any atom is 0.341 e. The van der Waals surface area contributed by atoms with Gasteiger partial charge in [0.1, 0.15) is 5.75 Å². The van der Waals surface area contributed by atoms with E-state index in [0.29, 0.717) is 16.9 Å². The van der Waals surface area contributed by atoms with Gasteiger partial charge in [0.25, 0.3) is 0 Å². The van der Waals surface area contributed by atoms with Gasteiger partial charge in [-0.2, -0.15) is 0 Å². The van der Waals surface area contributed by atoms with E-state index < -0.39 is 24.1 Å². The second-order valence-electron chi connectivity index (χ2n) is 4.00. The molecule has 0 radical (unpaired) electrons. The quantitative estimate of drug-likeness (QED) is 0.908. The number of benzene rings is 2. The number of halogens is 2. The maximum absolute atomic E-state index is 13.4. The predicted octanol–water partition coefficient (Wildman–Crippen LogP) is 3.32. The molecule has 0 heterocycles.